The minimum Gasteiger partial charge on any atom is -0.356 e. The Hall–Kier alpha value is -3.08. The molecule has 8 heteroatoms. The highest BCUT2D eigenvalue weighted by molar-refractivity contribution is 5.93. The number of likely N-dealkylation sites (tertiary alicyclic amines) is 1. The van der Waals surface area contributed by atoms with E-state index in [-0.39, 0.29) is 11.8 Å². The van der Waals surface area contributed by atoms with Crippen LogP contribution in [0.5, 0.6) is 0 Å². The van der Waals surface area contributed by atoms with Gasteiger partial charge in [0.15, 0.2) is 0 Å². The summed E-state index contributed by atoms with van der Waals surface area (Å²) in [6.45, 7) is 6.10. The van der Waals surface area contributed by atoms with Gasteiger partial charge in [0.25, 0.3) is 11.8 Å². The lowest BCUT2D eigenvalue weighted by molar-refractivity contribution is 0.0679. The fraction of sp³-hybridized carbons (Fsp3) is 0.500. The highest BCUT2D eigenvalue weighted by atomic mass is 16.2. The van der Waals surface area contributed by atoms with E-state index in [2.05, 4.69) is 34.3 Å². The van der Waals surface area contributed by atoms with Crippen molar-refractivity contribution in [3.8, 4) is 6.07 Å². The number of hydrogen-bond donors (Lipinski definition) is 3. The lowest BCUT2D eigenvalue weighted by atomic mass is 9.96. The maximum Gasteiger partial charge on any atom is 0.271 e. The third kappa shape index (κ3) is 4.80. The summed E-state index contributed by atoms with van der Waals surface area (Å²) in [5.74, 6) is 0.584. The van der Waals surface area contributed by atoms with Crippen molar-refractivity contribution in [2.24, 2.45) is 11.8 Å². The monoisotopic (exact) mass is 382 g/mol. The summed E-state index contributed by atoms with van der Waals surface area (Å²) in [7, 11) is 0. The molecule has 0 atom stereocenters. The molecule has 0 bridgehead atoms. The van der Waals surface area contributed by atoms with Crippen LogP contribution in [0, 0.1) is 23.2 Å². The highest BCUT2D eigenvalue weighted by Crippen LogP contribution is 2.19. The molecular weight excluding hydrogens is 356 g/mol. The first-order valence-electron chi connectivity index (χ1n) is 9.66. The molecule has 28 heavy (non-hydrogen) atoms. The van der Waals surface area contributed by atoms with Crippen LogP contribution in [0.15, 0.2) is 18.3 Å². The van der Waals surface area contributed by atoms with Gasteiger partial charge in [-0.25, -0.2) is 0 Å². The average Bonchev–Trinajstić information content (AvgIpc) is 3.35. The molecule has 1 aliphatic rings. The minimum atomic E-state index is -0.166. The number of nitrogens with one attached hydrogen (secondary N) is 3. The average molecular weight is 382 g/mol. The van der Waals surface area contributed by atoms with Crippen LogP contribution in [0.4, 0.5) is 0 Å². The molecule has 0 saturated carbocycles. The van der Waals surface area contributed by atoms with E-state index in [9.17, 15) is 9.59 Å². The number of nitrogens with zero attached hydrogens (tertiary/aromatic N) is 3. The normalized spacial score (nSPS) is 14.9. The fourth-order valence-corrected chi connectivity index (χ4v) is 3.44. The van der Waals surface area contributed by atoms with Gasteiger partial charge in [0.2, 0.25) is 0 Å². The van der Waals surface area contributed by atoms with Crippen molar-refractivity contribution in [2.75, 3.05) is 19.6 Å². The molecule has 3 N–H and O–H groups in total. The van der Waals surface area contributed by atoms with E-state index >= 15 is 0 Å². The largest absolute Gasteiger partial charge is 0.356 e. The van der Waals surface area contributed by atoms with E-state index in [1.165, 1.54) is 6.20 Å². The van der Waals surface area contributed by atoms with Gasteiger partial charge in [-0.2, -0.15) is 10.4 Å². The summed E-state index contributed by atoms with van der Waals surface area (Å²) < 4.78 is 0. The standard InChI is InChI=1S/C20H26N6O2/c1-13(2)7-16-9-17(25-24-16)19(27)23-11-14-3-5-26(6-4-14)20(28)18-8-15(10-21)12-22-18/h8-9,12-14,22H,3-7,11H2,1-2H3,(H,23,27)(H,24,25). The Morgan fingerprint density at radius 1 is 1.36 bits per heavy atom. The highest BCUT2D eigenvalue weighted by Gasteiger charge is 2.25. The summed E-state index contributed by atoms with van der Waals surface area (Å²) in [6, 6.07) is 5.40. The number of amides is 2. The summed E-state index contributed by atoms with van der Waals surface area (Å²) in [5.41, 5.74) is 2.29. The smallest absolute Gasteiger partial charge is 0.271 e. The van der Waals surface area contributed by atoms with Crippen molar-refractivity contribution in [2.45, 2.75) is 33.1 Å². The second-order valence-corrected chi connectivity index (χ2v) is 7.74. The maximum absolute atomic E-state index is 12.5. The second kappa shape index (κ2) is 8.74. The zero-order chi connectivity index (χ0) is 20.1. The third-order valence-corrected chi connectivity index (χ3v) is 4.99. The molecule has 3 rings (SSSR count). The molecule has 0 spiro atoms. The van der Waals surface area contributed by atoms with Gasteiger partial charge in [0, 0.05) is 31.5 Å². The van der Waals surface area contributed by atoms with Crippen LogP contribution in [0.3, 0.4) is 0 Å². The van der Waals surface area contributed by atoms with Crippen molar-refractivity contribution in [3.05, 3.63) is 41.0 Å². The molecule has 0 radical (unpaired) electrons. The van der Waals surface area contributed by atoms with Gasteiger partial charge >= 0.3 is 0 Å². The van der Waals surface area contributed by atoms with Crippen molar-refractivity contribution in [1.82, 2.24) is 25.4 Å². The second-order valence-electron chi connectivity index (χ2n) is 7.74. The minimum absolute atomic E-state index is 0.0850. The Kier molecular flexibility index (Phi) is 6.14. The first-order chi connectivity index (χ1) is 13.5. The van der Waals surface area contributed by atoms with Crippen LogP contribution in [0.2, 0.25) is 0 Å². The Morgan fingerprint density at radius 3 is 2.75 bits per heavy atom. The predicted octanol–water partition coefficient (Wildman–Crippen LogP) is 2.09. The molecule has 2 amide bonds. The predicted molar refractivity (Wildman–Crippen MR) is 104 cm³/mol. The number of aromatic nitrogens is 3. The number of carbonyl (C=O) groups is 2. The molecule has 0 unspecified atom stereocenters. The Morgan fingerprint density at radius 2 is 2.11 bits per heavy atom. The zero-order valence-corrected chi connectivity index (χ0v) is 16.3. The third-order valence-electron chi connectivity index (χ3n) is 4.99. The van der Waals surface area contributed by atoms with Crippen LogP contribution in [-0.4, -0.2) is 51.5 Å². The Labute approximate surface area is 164 Å². The van der Waals surface area contributed by atoms with Crippen LogP contribution in [-0.2, 0) is 6.42 Å². The number of nitriles is 1. The molecule has 1 saturated heterocycles. The van der Waals surface area contributed by atoms with Gasteiger partial charge in [-0.3, -0.25) is 14.7 Å². The number of hydrogen-bond acceptors (Lipinski definition) is 4. The maximum atomic E-state index is 12.5. The van der Waals surface area contributed by atoms with E-state index in [1.807, 2.05) is 12.1 Å². The van der Waals surface area contributed by atoms with Gasteiger partial charge in [0.1, 0.15) is 17.5 Å². The van der Waals surface area contributed by atoms with Gasteiger partial charge in [-0.1, -0.05) is 13.8 Å². The van der Waals surface area contributed by atoms with E-state index in [4.69, 9.17) is 5.26 Å². The molecule has 1 fully saturated rings. The van der Waals surface area contributed by atoms with Gasteiger partial charge in [-0.05, 0) is 43.2 Å². The number of carbonyl (C=O) groups excluding carboxylic acids is 2. The van der Waals surface area contributed by atoms with E-state index < -0.39 is 0 Å². The van der Waals surface area contributed by atoms with Crippen LogP contribution >= 0.6 is 0 Å². The molecule has 8 nitrogen and oxygen atoms in total. The van der Waals surface area contributed by atoms with E-state index in [0.717, 1.165) is 25.0 Å². The zero-order valence-electron chi connectivity index (χ0n) is 16.3. The molecule has 1 aliphatic heterocycles. The van der Waals surface area contributed by atoms with Crippen LogP contribution in [0.25, 0.3) is 0 Å². The Balaban J connectivity index is 1.44. The summed E-state index contributed by atoms with van der Waals surface area (Å²) in [4.78, 5) is 29.4. The van der Waals surface area contributed by atoms with E-state index in [0.29, 0.717) is 48.4 Å². The molecule has 0 aliphatic carbocycles. The lowest BCUT2D eigenvalue weighted by Gasteiger charge is -2.31. The summed E-state index contributed by atoms with van der Waals surface area (Å²) in [6.07, 6.45) is 4.06. The molecular formula is C20H26N6O2. The SMILES string of the molecule is CC(C)Cc1cc(C(=O)NCC2CCN(C(=O)c3cc(C#N)c[nH]3)CC2)n[nH]1. The van der Waals surface area contributed by atoms with Crippen LogP contribution < -0.4 is 5.32 Å². The molecule has 2 aromatic heterocycles. The van der Waals surface area contributed by atoms with Gasteiger partial charge in [0.05, 0.1) is 5.56 Å². The van der Waals surface area contributed by atoms with Crippen molar-refractivity contribution in [1.29, 1.82) is 5.26 Å². The quantitative estimate of drug-likeness (QED) is 0.709. The van der Waals surface area contributed by atoms with Gasteiger partial charge < -0.3 is 15.2 Å². The fourth-order valence-electron chi connectivity index (χ4n) is 3.44. The van der Waals surface area contributed by atoms with Gasteiger partial charge in [-0.15, -0.1) is 0 Å². The van der Waals surface area contributed by atoms with Crippen LogP contribution in [0.1, 0.15) is 58.9 Å². The summed E-state index contributed by atoms with van der Waals surface area (Å²) in [5, 5.41) is 18.8. The molecule has 0 aromatic carbocycles. The first kappa shape index (κ1) is 19.7. The van der Waals surface area contributed by atoms with Crippen molar-refractivity contribution >= 4 is 11.8 Å². The number of piperidine rings is 1. The lowest BCUT2D eigenvalue weighted by Crippen LogP contribution is -2.41. The Bertz CT molecular complexity index is 867. The number of aromatic amines is 2. The van der Waals surface area contributed by atoms with Crippen molar-refractivity contribution < 1.29 is 9.59 Å². The number of H-pyrrole nitrogens is 2. The molecule has 148 valence electrons. The van der Waals surface area contributed by atoms with Crippen molar-refractivity contribution in [3.63, 3.8) is 0 Å². The molecule has 3 heterocycles. The first-order valence-corrected chi connectivity index (χ1v) is 9.66. The van der Waals surface area contributed by atoms with E-state index in [1.54, 1.807) is 11.0 Å². The molecule has 2 aromatic rings. The number of rotatable bonds is 6. The topological polar surface area (TPSA) is 118 Å². The summed E-state index contributed by atoms with van der Waals surface area (Å²) >= 11 is 0.